The Morgan fingerprint density at radius 2 is 1.71 bits per heavy atom. The largest absolute Gasteiger partial charge is 0.342 e. The number of sulfonamides is 1. The van der Waals surface area contributed by atoms with Crippen molar-refractivity contribution in [3.8, 4) is 0 Å². The monoisotopic (exact) mass is 352 g/mol. The van der Waals surface area contributed by atoms with Crippen molar-refractivity contribution in [2.75, 3.05) is 26.2 Å². The minimum Gasteiger partial charge on any atom is -0.342 e. The van der Waals surface area contributed by atoms with Gasteiger partial charge in [-0.1, -0.05) is 26.0 Å². The molecule has 0 bridgehead atoms. The van der Waals surface area contributed by atoms with Gasteiger partial charge in [0.25, 0.3) is 0 Å². The maximum absolute atomic E-state index is 12.7. The summed E-state index contributed by atoms with van der Waals surface area (Å²) >= 11 is 0. The summed E-state index contributed by atoms with van der Waals surface area (Å²) in [5, 5.41) is 0. The highest BCUT2D eigenvalue weighted by Gasteiger charge is 2.23. The highest BCUT2D eigenvalue weighted by atomic mass is 32.2. The number of carbonyl (C=O) groups excluding carboxylic acids is 1. The lowest BCUT2D eigenvalue weighted by Gasteiger charge is -2.21. The molecule has 1 amide bonds. The van der Waals surface area contributed by atoms with Gasteiger partial charge in [-0.25, -0.2) is 8.42 Å². The lowest BCUT2D eigenvalue weighted by molar-refractivity contribution is -0.127. The lowest BCUT2D eigenvalue weighted by Crippen LogP contribution is -2.32. The van der Waals surface area contributed by atoms with Gasteiger partial charge in [-0.05, 0) is 43.4 Å². The van der Waals surface area contributed by atoms with Gasteiger partial charge in [0.1, 0.15) is 0 Å². The van der Waals surface area contributed by atoms with E-state index in [2.05, 4.69) is 0 Å². The SMILES string of the molecule is CCCN(CCC)S(=O)(=O)c1ccc(CCN2CCCC2=O)cc1. The molecule has 0 radical (unpaired) electrons. The second-order valence-electron chi connectivity index (χ2n) is 6.28. The number of rotatable bonds is 9. The summed E-state index contributed by atoms with van der Waals surface area (Å²) in [6.45, 7) is 6.63. The van der Waals surface area contributed by atoms with Crippen molar-refractivity contribution < 1.29 is 13.2 Å². The molecule has 134 valence electrons. The standard InChI is InChI=1S/C18H28N2O3S/c1-3-12-20(13-4-2)24(22,23)17-9-7-16(8-10-17)11-15-19-14-5-6-18(19)21/h7-10H,3-6,11-15H2,1-2H3. The molecule has 1 aromatic rings. The summed E-state index contributed by atoms with van der Waals surface area (Å²) in [4.78, 5) is 13.9. The van der Waals surface area contributed by atoms with Crippen molar-refractivity contribution in [3.05, 3.63) is 29.8 Å². The van der Waals surface area contributed by atoms with Gasteiger partial charge in [-0.15, -0.1) is 0 Å². The smallest absolute Gasteiger partial charge is 0.243 e. The van der Waals surface area contributed by atoms with E-state index in [0.717, 1.165) is 37.8 Å². The van der Waals surface area contributed by atoms with Gasteiger partial charge in [0.2, 0.25) is 15.9 Å². The van der Waals surface area contributed by atoms with Gasteiger partial charge in [0.15, 0.2) is 0 Å². The molecule has 1 aliphatic rings. The zero-order valence-corrected chi connectivity index (χ0v) is 15.5. The van der Waals surface area contributed by atoms with Crippen LogP contribution in [0.2, 0.25) is 0 Å². The molecule has 0 aromatic heterocycles. The average molecular weight is 353 g/mol. The Kier molecular flexibility index (Phi) is 6.80. The number of carbonyl (C=O) groups is 1. The van der Waals surface area contributed by atoms with Gasteiger partial charge < -0.3 is 4.90 Å². The van der Waals surface area contributed by atoms with E-state index in [1.165, 1.54) is 0 Å². The molecule has 0 saturated carbocycles. The fourth-order valence-electron chi connectivity index (χ4n) is 3.03. The normalized spacial score (nSPS) is 15.5. The molecule has 5 nitrogen and oxygen atoms in total. The zero-order valence-electron chi connectivity index (χ0n) is 14.7. The Balaban J connectivity index is 2.03. The van der Waals surface area contributed by atoms with Crippen LogP contribution < -0.4 is 0 Å². The van der Waals surface area contributed by atoms with E-state index in [-0.39, 0.29) is 5.91 Å². The Bertz CT molecular complexity index is 635. The molecule has 0 N–H and O–H groups in total. The quantitative estimate of drug-likeness (QED) is 0.686. The van der Waals surface area contributed by atoms with Crippen LogP contribution in [-0.4, -0.2) is 49.7 Å². The van der Waals surface area contributed by atoms with E-state index in [4.69, 9.17) is 0 Å². The van der Waals surface area contributed by atoms with Crippen molar-refractivity contribution in [2.24, 2.45) is 0 Å². The van der Waals surface area contributed by atoms with E-state index in [1.807, 2.05) is 30.9 Å². The fraction of sp³-hybridized carbons (Fsp3) is 0.611. The van der Waals surface area contributed by atoms with Crippen LogP contribution >= 0.6 is 0 Å². The fourth-order valence-corrected chi connectivity index (χ4v) is 4.66. The third kappa shape index (κ3) is 4.57. The molecule has 1 aliphatic heterocycles. The van der Waals surface area contributed by atoms with Gasteiger partial charge in [0.05, 0.1) is 4.90 Å². The molecule has 1 fully saturated rings. The summed E-state index contributed by atoms with van der Waals surface area (Å²) < 4.78 is 27.0. The predicted octanol–water partition coefficient (Wildman–Crippen LogP) is 2.66. The van der Waals surface area contributed by atoms with E-state index in [9.17, 15) is 13.2 Å². The number of hydrogen-bond acceptors (Lipinski definition) is 3. The minimum absolute atomic E-state index is 0.226. The van der Waals surface area contributed by atoms with Crippen molar-refractivity contribution in [3.63, 3.8) is 0 Å². The summed E-state index contributed by atoms with van der Waals surface area (Å²) in [5.41, 5.74) is 1.06. The van der Waals surface area contributed by atoms with Crippen LogP contribution in [0.4, 0.5) is 0 Å². The van der Waals surface area contributed by atoms with Crippen molar-refractivity contribution >= 4 is 15.9 Å². The van der Waals surface area contributed by atoms with Crippen LogP contribution in [-0.2, 0) is 21.2 Å². The Hall–Kier alpha value is -1.40. The molecule has 1 heterocycles. The second kappa shape index (κ2) is 8.62. The van der Waals surface area contributed by atoms with Crippen molar-refractivity contribution in [1.29, 1.82) is 0 Å². The zero-order chi connectivity index (χ0) is 17.6. The second-order valence-corrected chi connectivity index (χ2v) is 8.22. The first-order chi connectivity index (χ1) is 11.5. The van der Waals surface area contributed by atoms with Crippen LogP contribution in [0, 0.1) is 0 Å². The first-order valence-electron chi connectivity index (χ1n) is 8.86. The van der Waals surface area contributed by atoms with Crippen LogP contribution in [0.15, 0.2) is 29.2 Å². The van der Waals surface area contributed by atoms with Gasteiger partial charge in [0, 0.05) is 32.6 Å². The number of hydrogen-bond donors (Lipinski definition) is 0. The first kappa shape index (κ1) is 18.9. The number of likely N-dealkylation sites (tertiary alicyclic amines) is 1. The minimum atomic E-state index is -3.41. The van der Waals surface area contributed by atoms with Crippen LogP contribution in [0.3, 0.4) is 0 Å². The van der Waals surface area contributed by atoms with Crippen molar-refractivity contribution in [1.82, 2.24) is 9.21 Å². The van der Waals surface area contributed by atoms with E-state index < -0.39 is 10.0 Å². The molecule has 0 unspecified atom stereocenters. The molecule has 1 aromatic carbocycles. The molecular weight excluding hydrogens is 324 g/mol. The third-order valence-corrected chi connectivity index (χ3v) is 6.26. The molecule has 6 heteroatoms. The molecular formula is C18H28N2O3S. The molecule has 0 aliphatic carbocycles. The molecule has 0 atom stereocenters. The van der Waals surface area contributed by atoms with Crippen LogP contribution in [0.25, 0.3) is 0 Å². The Morgan fingerprint density at radius 3 is 2.21 bits per heavy atom. The van der Waals surface area contributed by atoms with E-state index >= 15 is 0 Å². The number of benzene rings is 1. The summed E-state index contributed by atoms with van der Waals surface area (Å²) in [7, 11) is -3.41. The van der Waals surface area contributed by atoms with Gasteiger partial charge in [-0.3, -0.25) is 4.79 Å². The molecule has 24 heavy (non-hydrogen) atoms. The van der Waals surface area contributed by atoms with Crippen molar-refractivity contribution in [2.45, 2.75) is 50.8 Å². The highest BCUT2D eigenvalue weighted by Crippen LogP contribution is 2.18. The number of amides is 1. The first-order valence-corrected chi connectivity index (χ1v) is 10.3. The van der Waals surface area contributed by atoms with Crippen LogP contribution in [0.5, 0.6) is 0 Å². The summed E-state index contributed by atoms with van der Waals surface area (Å²) in [5.74, 6) is 0.226. The van der Waals surface area contributed by atoms with Gasteiger partial charge >= 0.3 is 0 Å². The lowest BCUT2D eigenvalue weighted by atomic mass is 10.1. The maximum atomic E-state index is 12.7. The molecule has 0 spiro atoms. The predicted molar refractivity (Wildman–Crippen MR) is 95.3 cm³/mol. The highest BCUT2D eigenvalue weighted by molar-refractivity contribution is 7.89. The Morgan fingerprint density at radius 1 is 1.08 bits per heavy atom. The van der Waals surface area contributed by atoms with E-state index in [0.29, 0.717) is 31.0 Å². The maximum Gasteiger partial charge on any atom is 0.243 e. The Labute approximate surface area is 145 Å². The summed E-state index contributed by atoms with van der Waals surface area (Å²) in [6, 6.07) is 7.11. The average Bonchev–Trinajstić information content (AvgIpc) is 2.98. The summed E-state index contributed by atoms with van der Waals surface area (Å²) in [6.07, 6.45) is 3.98. The topological polar surface area (TPSA) is 57.7 Å². The number of nitrogens with zero attached hydrogens (tertiary/aromatic N) is 2. The van der Waals surface area contributed by atoms with Gasteiger partial charge in [-0.2, -0.15) is 4.31 Å². The van der Waals surface area contributed by atoms with Crippen LogP contribution in [0.1, 0.15) is 45.1 Å². The third-order valence-electron chi connectivity index (χ3n) is 4.35. The molecule has 2 rings (SSSR count). The molecule has 1 saturated heterocycles. The van der Waals surface area contributed by atoms with E-state index in [1.54, 1.807) is 16.4 Å².